The van der Waals surface area contributed by atoms with Crippen LogP contribution in [0.25, 0.3) is 0 Å². The van der Waals surface area contributed by atoms with Crippen LogP contribution in [0.1, 0.15) is 18.5 Å². The number of para-hydroxylation sites is 1. The molecule has 0 aliphatic carbocycles. The van der Waals surface area contributed by atoms with Crippen molar-refractivity contribution >= 4 is 11.6 Å². The molecule has 3 nitrogen and oxygen atoms in total. The normalized spacial score (nSPS) is 11.9. The minimum absolute atomic E-state index is 0.126. The second-order valence-corrected chi connectivity index (χ2v) is 4.92. The van der Waals surface area contributed by atoms with Crippen molar-refractivity contribution in [2.24, 2.45) is 5.73 Å². The molecule has 1 atom stereocenters. The summed E-state index contributed by atoms with van der Waals surface area (Å²) in [6.07, 6.45) is 0. The molecule has 0 spiro atoms. The smallest absolute Gasteiger partial charge is 0.124 e. The van der Waals surface area contributed by atoms with E-state index >= 15 is 0 Å². The predicted molar refractivity (Wildman–Crippen MR) is 81.5 cm³/mol. The summed E-state index contributed by atoms with van der Waals surface area (Å²) in [5, 5.41) is 0.658. The summed E-state index contributed by atoms with van der Waals surface area (Å²) in [6.45, 7) is 2.83. The van der Waals surface area contributed by atoms with Crippen molar-refractivity contribution in [2.75, 3.05) is 13.2 Å². The Morgan fingerprint density at radius 3 is 2.45 bits per heavy atom. The minimum Gasteiger partial charge on any atom is -0.490 e. The average molecular weight is 292 g/mol. The Hall–Kier alpha value is -1.71. The van der Waals surface area contributed by atoms with Crippen LogP contribution in [0.15, 0.2) is 48.5 Å². The maximum absolute atomic E-state index is 5.97. The van der Waals surface area contributed by atoms with Gasteiger partial charge in [-0.15, -0.1) is 0 Å². The molecular formula is C16H18ClNO2. The molecule has 0 saturated carbocycles. The summed E-state index contributed by atoms with van der Waals surface area (Å²) in [5.74, 6) is 1.58. The highest BCUT2D eigenvalue weighted by Gasteiger charge is 2.08. The number of hydrogen-bond donors (Lipinski definition) is 1. The number of hydrogen-bond acceptors (Lipinski definition) is 3. The zero-order chi connectivity index (χ0) is 14.4. The van der Waals surface area contributed by atoms with Crippen molar-refractivity contribution in [3.05, 3.63) is 59.1 Å². The number of halogens is 1. The van der Waals surface area contributed by atoms with Gasteiger partial charge < -0.3 is 15.2 Å². The monoisotopic (exact) mass is 291 g/mol. The minimum atomic E-state index is -0.126. The van der Waals surface area contributed by atoms with Gasteiger partial charge >= 0.3 is 0 Å². The molecule has 0 saturated heterocycles. The molecule has 0 unspecified atom stereocenters. The predicted octanol–water partition coefficient (Wildman–Crippen LogP) is 3.82. The Kier molecular flexibility index (Phi) is 5.27. The largest absolute Gasteiger partial charge is 0.490 e. The molecular weight excluding hydrogens is 274 g/mol. The van der Waals surface area contributed by atoms with Crippen LogP contribution in [0.3, 0.4) is 0 Å². The van der Waals surface area contributed by atoms with Crippen LogP contribution < -0.4 is 15.2 Å². The van der Waals surface area contributed by atoms with E-state index in [1.165, 1.54) is 0 Å². The Bertz CT molecular complexity index is 543. The van der Waals surface area contributed by atoms with Gasteiger partial charge in [-0.05, 0) is 37.3 Å². The first-order valence-corrected chi connectivity index (χ1v) is 6.90. The lowest BCUT2D eigenvalue weighted by Crippen LogP contribution is -2.12. The molecule has 0 aliphatic rings. The van der Waals surface area contributed by atoms with Crippen molar-refractivity contribution in [2.45, 2.75) is 13.0 Å². The topological polar surface area (TPSA) is 44.5 Å². The van der Waals surface area contributed by atoms with Crippen molar-refractivity contribution in [3.8, 4) is 11.5 Å². The van der Waals surface area contributed by atoms with Crippen LogP contribution in [0, 0.1) is 0 Å². The van der Waals surface area contributed by atoms with Gasteiger partial charge in [0, 0.05) is 16.6 Å². The molecule has 0 aliphatic heterocycles. The van der Waals surface area contributed by atoms with Crippen molar-refractivity contribution in [3.63, 3.8) is 0 Å². The molecule has 2 aromatic carbocycles. The Morgan fingerprint density at radius 1 is 1.05 bits per heavy atom. The highest BCUT2D eigenvalue weighted by atomic mass is 35.5. The number of nitrogens with two attached hydrogens (primary N) is 1. The maximum atomic E-state index is 5.97. The van der Waals surface area contributed by atoms with Crippen LogP contribution in [0.5, 0.6) is 11.5 Å². The lowest BCUT2D eigenvalue weighted by molar-refractivity contribution is 0.215. The van der Waals surface area contributed by atoms with Crippen molar-refractivity contribution in [1.29, 1.82) is 0 Å². The van der Waals surface area contributed by atoms with Gasteiger partial charge in [0.2, 0.25) is 0 Å². The molecule has 0 aromatic heterocycles. The first-order chi connectivity index (χ1) is 9.66. The number of benzene rings is 2. The summed E-state index contributed by atoms with van der Waals surface area (Å²) < 4.78 is 11.3. The van der Waals surface area contributed by atoms with Gasteiger partial charge in [0.15, 0.2) is 0 Å². The summed E-state index contributed by atoms with van der Waals surface area (Å²) >= 11 is 5.97. The molecule has 0 fully saturated rings. The number of rotatable bonds is 6. The van der Waals surface area contributed by atoms with E-state index in [1.807, 2.05) is 49.4 Å². The lowest BCUT2D eigenvalue weighted by atomic mass is 10.1. The fraction of sp³-hybridized carbons (Fsp3) is 0.250. The summed E-state index contributed by atoms with van der Waals surface area (Å²) in [7, 11) is 0. The van der Waals surface area contributed by atoms with Gasteiger partial charge in [0.1, 0.15) is 24.7 Å². The van der Waals surface area contributed by atoms with Gasteiger partial charge in [-0.3, -0.25) is 0 Å². The van der Waals surface area contributed by atoms with E-state index < -0.39 is 0 Å². The highest BCUT2D eigenvalue weighted by Crippen LogP contribution is 2.27. The first kappa shape index (κ1) is 14.7. The van der Waals surface area contributed by atoms with Crippen LogP contribution >= 0.6 is 11.6 Å². The quantitative estimate of drug-likeness (QED) is 0.823. The zero-order valence-corrected chi connectivity index (χ0v) is 12.1. The Morgan fingerprint density at radius 2 is 1.75 bits per heavy atom. The van der Waals surface area contributed by atoms with E-state index in [2.05, 4.69) is 0 Å². The Labute approximate surface area is 124 Å². The fourth-order valence-electron chi connectivity index (χ4n) is 1.83. The molecule has 2 N–H and O–H groups in total. The number of ether oxygens (including phenoxy) is 2. The molecule has 2 rings (SSSR count). The SMILES string of the molecule is C[C@H](N)c1cc(Cl)ccc1OCCOc1ccccc1. The average Bonchev–Trinajstić information content (AvgIpc) is 2.45. The van der Waals surface area contributed by atoms with Crippen LogP contribution in [-0.4, -0.2) is 13.2 Å². The fourth-order valence-corrected chi connectivity index (χ4v) is 2.02. The molecule has 0 radical (unpaired) electrons. The molecule has 0 amide bonds. The molecule has 0 bridgehead atoms. The molecule has 2 aromatic rings. The van der Waals surface area contributed by atoms with E-state index in [9.17, 15) is 0 Å². The van der Waals surface area contributed by atoms with E-state index in [1.54, 1.807) is 6.07 Å². The van der Waals surface area contributed by atoms with Crippen LogP contribution in [0.2, 0.25) is 5.02 Å². The molecule has 106 valence electrons. The Balaban J connectivity index is 1.88. The maximum Gasteiger partial charge on any atom is 0.124 e. The summed E-state index contributed by atoms with van der Waals surface area (Å²) in [5.41, 5.74) is 6.81. The van der Waals surface area contributed by atoms with Gasteiger partial charge in [0.25, 0.3) is 0 Å². The summed E-state index contributed by atoms with van der Waals surface area (Å²) in [4.78, 5) is 0. The van der Waals surface area contributed by atoms with Crippen molar-refractivity contribution in [1.82, 2.24) is 0 Å². The highest BCUT2D eigenvalue weighted by molar-refractivity contribution is 6.30. The molecule has 0 heterocycles. The molecule has 20 heavy (non-hydrogen) atoms. The van der Waals surface area contributed by atoms with Gasteiger partial charge in [-0.2, -0.15) is 0 Å². The second kappa shape index (κ2) is 7.17. The van der Waals surface area contributed by atoms with E-state index in [0.717, 1.165) is 17.1 Å². The standard InChI is InChI=1S/C16H18ClNO2/c1-12(18)15-11-13(17)7-8-16(15)20-10-9-19-14-5-3-2-4-6-14/h2-8,11-12H,9-10,18H2,1H3/t12-/m0/s1. The zero-order valence-electron chi connectivity index (χ0n) is 11.4. The second-order valence-electron chi connectivity index (χ2n) is 4.48. The van der Waals surface area contributed by atoms with E-state index in [-0.39, 0.29) is 6.04 Å². The van der Waals surface area contributed by atoms with Gasteiger partial charge in [-0.1, -0.05) is 29.8 Å². The third-order valence-corrected chi connectivity index (χ3v) is 3.05. The lowest BCUT2D eigenvalue weighted by Gasteiger charge is -2.14. The van der Waals surface area contributed by atoms with Gasteiger partial charge in [0.05, 0.1) is 0 Å². The first-order valence-electron chi connectivity index (χ1n) is 6.52. The van der Waals surface area contributed by atoms with E-state index in [4.69, 9.17) is 26.8 Å². The van der Waals surface area contributed by atoms with Crippen LogP contribution in [-0.2, 0) is 0 Å². The van der Waals surface area contributed by atoms with Crippen LogP contribution in [0.4, 0.5) is 0 Å². The summed E-state index contributed by atoms with van der Waals surface area (Å²) in [6, 6.07) is 15.0. The van der Waals surface area contributed by atoms with Gasteiger partial charge in [-0.25, -0.2) is 0 Å². The van der Waals surface area contributed by atoms with Crippen molar-refractivity contribution < 1.29 is 9.47 Å². The third kappa shape index (κ3) is 4.15. The molecule has 4 heteroatoms. The van der Waals surface area contributed by atoms with E-state index in [0.29, 0.717) is 18.2 Å². The third-order valence-electron chi connectivity index (χ3n) is 2.82.